The minimum atomic E-state index is 0.620. The lowest BCUT2D eigenvalue weighted by molar-refractivity contribution is 0.398. The van der Waals surface area contributed by atoms with E-state index in [4.69, 9.17) is 4.74 Å². The average Bonchev–Trinajstić information content (AvgIpc) is 2.84. The molecule has 2 rings (SSSR count). The van der Waals surface area contributed by atoms with Crippen molar-refractivity contribution in [2.24, 2.45) is 0 Å². The molecule has 0 fully saturated rings. The van der Waals surface area contributed by atoms with Crippen LogP contribution in [0.15, 0.2) is 30.9 Å². The Morgan fingerprint density at radius 1 is 1.35 bits per heavy atom. The summed E-state index contributed by atoms with van der Waals surface area (Å²) < 4.78 is 7.10. The van der Waals surface area contributed by atoms with Crippen LogP contribution < -0.4 is 10.1 Å². The predicted molar refractivity (Wildman–Crippen MR) is 66.0 cm³/mol. The van der Waals surface area contributed by atoms with Crippen LogP contribution in [0.5, 0.6) is 5.88 Å². The number of nitrogens with zero attached hydrogens (tertiary/aromatic N) is 3. The van der Waals surface area contributed by atoms with Gasteiger partial charge >= 0.3 is 0 Å². The van der Waals surface area contributed by atoms with Gasteiger partial charge in [-0.2, -0.15) is 0 Å². The van der Waals surface area contributed by atoms with Gasteiger partial charge in [-0.15, -0.1) is 0 Å². The zero-order valence-electron chi connectivity index (χ0n) is 10.1. The molecule has 0 radical (unpaired) electrons. The Kier molecular flexibility index (Phi) is 3.59. The van der Waals surface area contributed by atoms with Crippen LogP contribution in [-0.2, 0) is 13.1 Å². The summed E-state index contributed by atoms with van der Waals surface area (Å²) in [6.07, 6.45) is 5.46. The predicted octanol–water partition coefficient (Wildman–Crippen LogP) is 1.92. The average molecular weight is 232 g/mol. The van der Waals surface area contributed by atoms with Gasteiger partial charge < -0.3 is 14.6 Å². The molecule has 0 aliphatic rings. The van der Waals surface area contributed by atoms with Gasteiger partial charge in [0.25, 0.3) is 0 Å². The highest BCUT2D eigenvalue weighted by molar-refractivity contribution is 5.42. The molecule has 2 aromatic rings. The number of imidazole rings is 1. The molecule has 5 nitrogen and oxygen atoms in total. The molecule has 0 aliphatic heterocycles. The Morgan fingerprint density at radius 2 is 2.24 bits per heavy atom. The summed E-state index contributed by atoms with van der Waals surface area (Å²) in [6, 6.07) is 3.78. The summed E-state index contributed by atoms with van der Waals surface area (Å²) in [5.74, 6) is 0.620. The van der Waals surface area contributed by atoms with Crippen molar-refractivity contribution in [3.63, 3.8) is 0 Å². The van der Waals surface area contributed by atoms with Crippen molar-refractivity contribution >= 4 is 5.69 Å². The minimum absolute atomic E-state index is 0.620. The van der Waals surface area contributed by atoms with E-state index in [1.807, 2.05) is 24.7 Å². The number of anilines is 1. The van der Waals surface area contributed by atoms with Crippen LogP contribution in [0.25, 0.3) is 0 Å². The number of hydrogen-bond acceptors (Lipinski definition) is 4. The number of aryl methyl sites for hydroxylation is 1. The van der Waals surface area contributed by atoms with E-state index in [0.29, 0.717) is 5.88 Å². The van der Waals surface area contributed by atoms with Crippen LogP contribution in [0.4, 0.5) is 5.69 Å². The first-order valence-electron chi connectivity index (χ1n) is 5.56. The highest BCUT2D eigenvalue weighted by Crippen LogP contribution is 2.12. The van der Waals surface area contributed by atoms with Crippen molar-refractivity contribution in [1.29, 1.82) is 0 Å². The molecule has 2 aromatic heterocycles. The van der Waals surface area contributed by atoms with E-state index in [2.05, 4.69) is 26.8 Å². The molecule has 90 valence electrons. The van der Waals surface area contributed by atoms with Gasteiger partial charge in [0.15, 0.2) is 0 Å². The number of rotatable bonds is 5. The van der Waals surface area contributed by atoms with Gasteiger partial charge in [-0.05, 0) is 13.0 Å². The van der Waals surface area contributed by atoms with Crippen molar-refractivity contribution in [3.8, 4) is 5.88 Å². The third-order valence-corrected chi connectivity index (χ3v) is 2.56. The normalized spacial score (nSPS) is 10.2. The number of ether oxygens (including phenoxy) is 1. The van der Waals surface area contributed by atoms with Gasteiger partial charge in [0.1, 0.15) is 0 Å². The molecule has 0 spiro atoms. The van der Waals surface area contributed by atoms with Crippen LogP contribution in [-0.4, -0.2) is 21.6 Å². The summed E-state index contributed by atoms with van der Waals surface area (Å²) in [6.45, 7) is 3.76. The lowest BCUT2D eigenvalue weighted by atomic mass is 10.4. The van der Waals surface area contributed by atoms with E-state index in [0.717, 1.165) is 24.5 Å². The number of aromatic nitrogens is 3. The fraction of sp³-hybridized carbons (Fsp3) is 0.333. The first kappa shape index (κ1) is 11.4. The monoisotopic (exact) mass is 232 g/mol. The summed E-state index contributed by atoms with van der Waals surface area (Å²) in [5, 5.41) is 3.29. The maximum absolute atomic E-state index is 5.00. The van der Waals surface area contributed by atoms with Gasteiger partial charge in [-0.25, -0.2) is 9.97 Å². The Labute approximate surface area is 100 Å². The molecule has 0 amide bonds. The van der Waals surface area contributed by atoms with Crippen LogP contribution in [0.1, 0.15) is 12.6 Å². The second-order valence-corrected chi connectivity index (χ2v) is 3.61. The maximum Gasteiger partial charge on any atom is 0.213 e. The molecule has 0 unspecified atom stereocenters. The Morgan fingerprint density at radius 3 is 2.88 bits per heavy atom. The zero-order valence-corrected chi connectivity index (χ0v) is 10.1. The number of methoxy groups -OCH3 is 1. The minimum Gasteiger partial charge on any atom is -0.481 e. The quantitative estimate of drug-likeness (QED) is 0.855. The Bertz CT molecular complexity index is 464. The SMILES string of the molecule is CCn1cncc1CNc1ccc(OC)nc1. The van der Waals surface area contributed by atoms with Crippen LogP contribution in [0.3, 0.4) is 0 Å². The largest absolute Gasteiger partial charge is 0.481 e. The third-order valence-electron chi connectivity index (χ3n) is 2.56. The third kappa shape index (κ3) is 2.75. The van der Waals surface area contributed by atoms with Crippen molar-refractivity contribution in [2.45, 2.75) is 20.0 Å². The Balaban J connectivity index is 1.97. The van der Waals surface area contributed by atoms with Gasteiger partial charge in [-0.3, -0.25) is 0 Å². The first-order chi connectivity index (χ1) is 8.33. The molecule has 2 heterocycles. The smallest absolute Gasteiger partial charge is 0.213 e. The standard InChI is InChI=1S/C12H16N4O/c1-3-16-9-13-7-11(16)8-14-10-4-5-12(17-2)15-6-10/h4-7,9,14H,3,8H2,1-2H3. The van der Waals surface area contributed by atoms with E-state index < -0.39 is 0 Å². The molecule has 17 heavy (non-hydrogen) atoms. The second-order valence-electron chi connectivity index (χ2n) is 3.61. The van der Waals surface area contributed by atoms with Gasteiger partial charge in [0.2, 0.25) is 5.88 Å². The lowest BCUT2D eigenvalue weighted by Gasteiger charge is -2.08. The molecule has 0 aliphatic carbocycles. The first-order valence-corrected chi connectivity index (χ1v) is 5.56. The molecule has 0 saturated heterocycles. The highest BCUT2D eigenvalue weighted by atomic mass is 16.5. The van der Waals surface area contributed by atoms with Crippen molar-refractivity contribution in [1.82, 2.24) is 14.5 Å². The second kappa shape index (κ2) is 5.34. The number of nitrogens with one attached hydrogen (secondary N) is 1. The molecular formula is C12H16N4O. The fourth-order valence-corrected chi connectivity index (χ4v) is 1.58. The van der Waals surface area contributed by atoms with E-state index >= 15 is 0 Å². The van der Waals surface area contributed by atoms with E-state index in [9.17, 15) is 0 Å². The van der Waals surface area contributed by atoms with E-state index in [1.54, 1.807) is 13.3 Å². The van der Waals surface area contributed by atoms with Gasteiger partial charge in [0.05, 0.1) is 37.6 Å². The van der Waals surface area contributed by atoms with E-state index in [-0.39, 0.29) is 0 Å². The lowest BCUT2D eigenvalue weighted by Crippen LogP contribution is -2.06. The van der Waals surface area contributed by atoms with Crippen molar-refractivity contribution in [2.75, 3.05) is 12.4 Å². The zero-order chi connectivity index (χ0) is 12.1. The molecule has 5 heteroatoms. The Hall–Kier alpha value is -2.04. The van der Waals surface area contributed by atoms with Crippen LogP contribution in [0.2, 0.25) is 0 Å². The highest BCUT2D eigenvalue weighted by Gasteiger charge is 2.00. The summed E-state index contributed by atoms with van der Waals surface area (Å²) >= 11 is 0. The fourth-order valence-electron chi connectivity index (χ4n) is 1.58. The van der Waals surface area contributed by atoms with Crippen molar-refractivity contribution < 1.29 is 4.74 Å². The molecule has 0 bridgehead atoms. The van der Waals surface area contributed by atoms with Gasteiger partial charge in [0, 0.05) is 18.8 Å². The van der Waals surface area contributed by atoms with E-state index in [1.165, 1.54) is 0 Å². The maximum atomic E-state index is 5.00. The molecular weight excluding hydrogens is 216 g/mol. The summed E-state index contributed by atoms with van der Waals surface area (Å²) in [4.78, 5) is 8.25. The molecule has 1 N–H and O–H groups in total. The van der Waals surface area contributed by atoms with Crippen LogP contribution in [0, 0.1) is 0 Å². The molecule has 0 atom stereocenters. The molecule has 0 aromatic carbocycles. The number of hydrogen-bond donors (Lipinski definition) is 1. The molecule has 0 saturated carbocycles. The van der Waals surface area contributed by atoms with Gasteiger partial charge in [-0.1, -0.05) is 0 Å². The van der Waals surface area contributed by atoms with Crippen LogP contribution >= 0.6 is 0 Å². The topological polar surface area (TPSA) is 52.0 Å². The number of pyridine rings is 1. The van der Waals surface area contributed by atoms with Crippen molar-refractivity contribution in [3.05, 3.63) is 36.5 Å². The summed E-state index contributed by atoms with van der Waals surface area (Å²) in [5.41, 5.74) is 2.12. The summed E-state index contributed by atoms with van der Waals surface area (Å²) in [7, 11) is 1.61.